The SMILES string of the molecule is CSCCn1c(=NC(=O)CSCc2ccccc2)sc2ccccc21. The summed E-state index contributed by atoms with van der Waals surface area (Å²) < 4.78 is 3.34. The van der Waals surface area contributed by atoms with Gasteiger partial charge in [0.25, 0.3) is 5.91 Å². The molecule has 6 heteroatoms. The van der Waals surface area contributed by atoms with Crippen molar-refractivity contribution in [3.8, 4) is 0 Å². The van der Waals surface area contributed by atoms with Gasteiger partial charge in [0.05, 0.1) is 16.0 Å². The minimum atomic E-state index is -0.0645. The monoisotopic (exact) mass is 388 g/mol. The maximum Gasteiger partial charge on any atom is 0.258 e. The van der Waals surface area contributed by atoms with Crippen LogP contribution in [0.25, 0.3) is 10.2 Å². The fourth-order valence-electron chi connectivity index (χ4n) is 2.47. The number of thioether (sulfide) groups is 2. The smallest absolute Gasteiger partial charge is 0.258 e. The van der Waals surface area contributed by atoms with Crippen LogP contribution in [-0.2, 0) is 17.1 Å². The van der Waals surface area contributed by atoms with E-state index in [1.807, 2.05) is 30.3 Å². The molecule has 0 saturated carbocycles. The summed E-state index contributed by atoms with van der Waals surface area (Å²) in [5, 5.41) is 0. The number of hydrogen-bond acceptors (Lipinski definition) is 4. The molecule has 0 aliphatic carbocycles. The minimum Gasteiger partial charge on any atom is -0.316 e. The molecule has 0 radical (unpaired) electrons. The summed E-state index contributed by atoms with van der Waals surface area (Å²) in [5.74, 6) is 2.18. The summed E-state index contributed by atoms with van der Waals surface area (Å²) in [4.78, 5) is 17.5. The Kier molecular flexibility index (Phi) is 6.78. The molecule has 0 saturated heterocycles. The van der Waals surface area contributed by atoms with Gasteiger partial charge in [0.2, 0.25) is 0 Å². The molecule has 0 unspecified atom stereocenters. The summed E-state index contributed by atoms with van der Waals surface area (Å²) >= 11 is 5.00. The molecule has 0 atom stereocenters. The number of para-hydroxylation sites is 1. The molecule has 0 aliphatic rings. The van der Waals surface area contributed by atoms with E-state index >= 15 is 0 Å². The average Bonchev–Trinajstić information content (AvgIpc) is 2.98. The van der Waals surface area contributed by atoms with Crippen molar-refractivity contribution in [1.29, 1.82) is 0 Å². The molecule has 130 valence electrons. The second kappa shape index (κ2) is 9.27. The highest BCUT2D eigenvalue weighted by Crippen LogP contribution is 2.17. The summed E-state index contributed by atoms with van der Waals surface area (Å²) in [6.07, 6.45) is 2.09. The van der Waals surface area contributed by atoms with Crippen LogP contribution in [0.4, 0.5) is 0 Å². The van der Waals surface area contributed by atoms with Crippen molar-refractivity contribution in [1.82, 2.24) is 4.57 Å². The first-order chi connectivity index (χ1) is 12.3. The first-order valence-corrected chi connectivity index (χ1v) is 11.4. The van der Waals surface area contributed by atoms with Gasteiger partial charge < -0.3 is 4.57 Å². The molecule has 1 aromatic heterocycles. The van der Waals surface area contributed by atoms with Gasteiger partial charge in [-0.2, -0.15) is 16.8 Å². The highest BCUT2D eigenvalue weighted by atomic mass is 32.2. The van der Waals surface area contributed by atoms with Gasteiger partial charge in [0.1, 0.15) is 0 Å². The summed E-state index contributed by atoms with van der Waals surface area (Å²) in [5.41, 5.74) is 2.39. The molecule has 3 aromatic rings. The molecule has 0 spiro atoms. The third kappa shape index (κ3) is 5.00. The van der Waals surface area contributed by atoms with Gasteiger partial charge in [0.15, 0.2) is 4.80 Å². The number of thiazole rings is 1. The van der Waals surface area contributed by atoms with Crippen LogP contribution in [0.5, 0.6) is 0 Å². The normalized spacial score (nSPS) is 12.0. The molecular formula is C19H20N2OS3. The number of aryl methyl sites for hydroxylation is 1. The largest absolute Gasteiger partial charge is 0.316 e. The van der Waals surface area contributed by atoms with E-state index in [1.165, 1.54) is 10.3 Å². The number of aromatic nitrogens is 1. The first kappa shape index (κ1) is 18.3. The molecule has 0 bridgehead atoms. The van der Waals surface area contributed by atoms with Crippen molar-refractivity contribution < 1.29 is 4.79 Å². The lowest BCUT2D eigenvalue weighted by Gasteiger charge is -2.03. The van der Waals surface area contributed by atoms with Crippen molar-refractivity contribution in [2.24, 2.45) is 4.99 Å². The van der Waals surface area contributed by atoms with E-state index in [0.29, 0.717) is 5.75 Å². The molecule has 1 heterocycles. The number of benzene rings is 2. The van der Waals surface area contributed by atoms with Crippen LogP contribution in [0.3, 0.4) is 0 Å². The highest BCUT2D eigenvalue weighted by molar-refractivity contribution is 7.99. The van der Waals surface area contributed by atoms with Gasteiger partial charge in [0, 0.05) is 18.1 Å². The first-order valence-electron chi connectivity index (χ1n) is 8.04. The van der Waals surface area contributed by atoms with Crippen molar-refractivity contribution in [3.05, 3.63) is 65.0 Å². The third-order valence-corrected chi connectivity index (χ3v) is 6.30. The van der Waals surface area contributed by atoms with Crippen molar-refractivity contribution in [2.75, 3.05) is 17.8 Å². The second-order valence-electron chi connectivity index (χ2n) is 5.48. The molecule has 0 N–H and O–H groups in total. The number of hydrogen-bond donors (Lipinski definition) is 0. The van der Waals surface area contributed by atoms with Crippen LogP contribution in [0, 0.1) is 0 Å². The van der Waals surface area contributed by atoms with Crippen LogP contribution in [0.1, 0.15) is 5.56 Å². The van der Waals surface area contributed by atoms with Crippen LogP contribution < -0.4 is 4.80 Å². The Morgan fingerprint density at radius 3 is 2.68 bits per heavy atom. The minimum absolute atomic E-state index is 0.0645. The van der Waals surface area contributed by atoms with Gasteiger partial charge in [-0.05, 0) is 24.0 Å². The van der Waals surface area contributed by atoms with Gasteiger partial charge in [-0.1, -0.05) is 53.8 Å². The maximum atomic E-state index is 12.3. The Labute approximate surface area is 160 Å². The van der Waals surface area contributed by atoms with E-state index in [4.69, 9.17) is 0 Å². The summed E-state index contributed by atoms with van der Waals surface area (Å²) in [7, 11) is 0. The van der Waals surface area contributed by atoms with Gasteiger partial charge in [-0.15, -0.1) is 11.8 Å². The van der Waals surface area contributed by atoms with Crippen molar-refractivity contribution >= 4 is 51.0 Å². The summed E-state index contributed by atoms with van der Waals surface area (Å²) in [6.45, 7) is 0.869. The topological polar surface area (TPSA) is 34.4 Å². The lowest BCUT2D eigenvalue weighted by Crippen LogP contribution is -2.18. The predicted octanol–water partition coefficient (Wildman–Crippen LogP) is 4.43. The molecule has 25 heavy (non-hydrogen) atoms. The lowest BCUT2D eigenvalue weighted by atomic mass is 10.2. The zero-order valence-electron chi connectivity index (χ0n) is 14.1. The van der Waals surface area contributed by atoms with Crippen LogP contribution in [0.2, 0.25) is 0 Å². The van der Waals surface area contributed by atoms with Crippen LogP contribution >= 0.6 is 34.9 Å². The highest BCUT2D eigenvalue weighted by Gasteiger charge is 2.07. The molecule has 0 aliphatic heterocycles. The van der Waals surface area contributed by atoms with Crippen molar-refractivity contribution in [2.45, 2.75) is 12.3 Å². The molecule has 1 amide bonds. The molecule has 3 rings (SSSR count). The Morgan fingerprint density at radius 1 is 1.12 bits per heavy atom. The molecule has 2 aromatic carbocycles. The maximum absolute atomic E-state index is 12.3. The van der Waals surface area contributed by atoms with Crippen LogP contribution in [0.15, 0.2) is 59.6 Å². The van der Waals surface area contributed by atoms with E-state index in [1.54, 1.807) is 34.9 Å². The number of fused-ring (bicyclic) bond motifs is 1. The zero-order chi connectivity index (χ0) is 17.5. The lowest BCUT2D eigenvalue weighted by molar-refractivity contribution is -0.115. The zero-order valence-corrected chi connectivity index (χ0v) is 16.5. The van der Waals surface area contributed by atoms with E-state index in [9.17, 15) is 4.79 Å². The van der Waals surface area contributed by atoms with Gasteiger partial charge in [-0.25, -0.2) is 0 Å². The van der Waals surface area contributed by atoms with E-state index in [-0.39, 0.29) is 5.91 Å². The van der Waals surface area contributed by atoms with E-state index in [2.05, 4.69) is 40.1 Å². The van der Waals surface area contributed by atoms with E-state index < -0.39 is 0 Å². The predicted molar refractivity (Wildman–Crippen MR) is 111 cm³/mol. The number of carbonyl (C=O) groups excluding carboxylic acids is 1. The number of nitrogens with zero attached hydrogens (tertiary/aromatic N) is 2. The number of carbonyl (C=O) groups is 1. The number of amides is 1. The second-order valence-corrected chi connectivity index (χ2v) is 8.46. The van der Waals surface area contributed by atoms with Crippen molar-refractivity contribution in [3.63, 3.8) is 0 Å². The Hall–Kier alpha value is -1.50. The Balaban J connectivity index is 1.74. The quantitative estimate of drug-likeness (QED) is 0.601. The molecular weight excluding hydrogens is 368 g/mol. The third-order valence-electron chi connectivity index (χ3n) is 3.66. The van der Waals surface area contributed by atoms with Gasteiger partial charge >= 0.3 is 0 Å². The van der Waals surface area contributed by atoms with Crippen LogP contribution in [-0.4, -0.2) is 28.2 Å². The Morgan fingerprint density at radius 2 is 1.88 bits per heavy atom. The molecule has 0 fully saturated rings. The summed E-state index contributed by atoms with van der Waals surface area (Å²) in [6, 6.07) is 18.5. The average molecular weight is 389 g/mol. The molecule has 3 nitrogen and oxygen atoms in total. The Bertz CT molecular complexity index is 900. The fraction of sp³-hybridized carbons (Fsp3) is 0.263. The van der Waals surface area contributed by atoms with E-state index in [0.717, 1.165) is 28.4 Å². The van der Waals surface area contributed by atoms with Gasteiger partial charge in [-0.3, -0.25) is 4.79 Å². The standard InChI is InChI=1S/C19H20N2OS3/c1-23-12-11-21-16-9-5-6-10-17(16)25-19(21)20-18(22)14-24-13-15-7-3-2-4-8-15/h2-10H,11-14H2,1H3. The fourth-order valence-corrected chi connectivity index (χ4v) is 4.68. The number of rotatable bonds is 7.